The molecule has 0 N–H and O–H groups in total. The first-order chi connectivity index (χ1) is 14.4. The number of aromatic nitrogens is 1. The van der Waals surface area contributed by atoms with E-state index in [1.165, 1.54) is 10.8 Å². The summed E-state index contributed by atoms with van der Waals surface area (Å²) in [5, 5.41) is 2.43. The van der Waals surface area contributed by atoms with Gasteiger partial charge >= 0.3 is 0 Å². The Hall–Kier alpha value is -3.29. The van der Waals surface area contributed by atoms with E-state index in [-0.39, 0.29) is 19.5 Å². The van der Waals surface area contributed by atoms with Crippen molar-refractivity contribution in [1.82, 2.24) is 4.98 Å². The average Bonchev–Trinajstić information content (AvgIpc) is 2.81. The van der Waals surface area contributed by atoms with Gasteiger partial charge in [0.05, 0.1) is 5.69 Å². The summed E-state index contributed by atoms with van der Waals surface area (Å²) < 4.78 is 0. The van der Waals surface area contributed by atoms with Crippen LogP contribution < -0.4 is 4.90 Å². The zero-order chi connectivity index (χ0) is 19.5. The molecule has 0 unspecified atom stereocenters. The van der Waals surface area contributed by atoms with Gasteiger partial charge < -0.3 is 9.88 Å². The maximum atomic E-state index is 4.50. The second-order valence-electron chi connectivity index (χ2n) is 6.84. The Morgan fingerprint density at radius 2 is 1.43 bits per heavy atom. The molecule has 0 saturated heterocycles. The third-order valence-electron chi connectivity index (χ3n) is 5.01. The molecular formula is C27H19N2Rh-. The fourth-order valence-electron chi connectivity index (χ4n) is 3.67. The molecule has 1 radical (unpaired) electrons. The third-order valence-corrected chi connectivity index (χ3v) is 5.01. The molecule has 0 atom stereocenters. The summed E-state index contributed by atoms with van der Waals surface area (Å²) in [5.74, 6) is 0. The molecule has 0 amide bonds. The van der Waals surface area contributed by atoms with Crippen molar-refractivity contribution in [3.63, 3.8) is 0 Å². The molecule has 4 aromatic carbocycles. The molecule has 0 aliphatic rings. The predicted octanol–water partition coefficient (Wildman–Crippen LogP) is 7.17. The summed E-state index contributed by atoms with van der Waals surface area (Å²) in [6.45, 7) is 0. The molecule has 0 fully saturated rings. The van der Waals surface area contributed by atoms with Crippen molar-refractivity contribution in [2.24, 2.45) is 0 Å². The van der Waals surface area contributed by atoms with E-state index < -0.39 is 0 Å². The van der Waals surface area contributed by atoms with Crippen LogP contribution >= 0.6 is 0 Å². The van der Waals surface area contributed by atoms with Crippen LogP contribution in [0.4, 0.5) is 17.1 Å². The van der Waals surface area contributed by atoms with E-state index in [0.29, 0.717) is 0 Å². The number of benzene rings is 4. The van der Waals surface area contributed by atoms with E-state index in [9.17, 15) is 0 Å². The van der Waals surface area contributed by atoms with Gasteiger partial charge in [-0.3, -0.25) is 0 Å². The van der Waals surface area contributed by atoms with Gasteiger partial charge in [0.25, 0.3) is 0 Å². The molecule has 0 spiro atoms. The number of hydrogen-bond donors (Lipinski definition) is 0. The van der Waals surface area contributed by atoms with Crippen LogP contribution in [0.25, 0.3) is 22.0 Å². The minimum Gasteiger partial charge on any atom is -0.328 e. The zero-order valence-corrected chi connectivity index (χ0v) is 17.8. The van der Waals surface area contributed by atoms with Crippen molar-refractivity contribution in [3.05, 3.63) is 121 Å². The van der Waals surface area contributed by atoms with E-state index in [4.69, 9.17) is 0 Å². The summed E-state index contributed by atoms with van der Waals surface area (Å²) >= 11 is 0. The summed E-state index contributed by atoms with van der Waals surface area (Å²) in [7, 11) is 0. The fraction of sp³-hybridized carbons (Fsp3) is 0. The predicted molar refractivity (Wildman–Crippen MR) is 121 cm³/mol. The summed E-state index contributed by atoms with van der Waals surface area (Å²) in [5.41, 5.74) is 5.23. The standard InChI is InChI=1S/C27H19N2.Rh/c1-2-13-23(14-3-1)29(27-18-9-11-21-10-4-5-16-25(21)27)24-15-8-12-22(20-24)26-17-6-7-19-28-26;/h1-11,13-20H;/q-1;. The Kier molecular flexibility index (Phi) is 6.02. The number of nitrogens with zero attached hydrogens (tertiary/aromatic N) is 2. The van der Waals surface area contributed by atoms with Gasteiger partial charge in [-0.25, -0.2) is 0 Å². The van der Waals surface area contributed by atoms with Gasteiger partial charge in [0.1, 0.15) is 0 Å². The third kappa shape index (κ3) is 3.90. The van der Waals surface area contributed by atoms with Crippen LogP contribution in [0.15, 0.2) is 115 Å². The molecule has 0 saturated carbocycles. The molecule has 3 heteroatoms. The molecule has 2 nitrogen and oxygen atoms in total. The van der Waals surface area contributed by atoms with E-state index >= 15 is 0 Å². The molecule has 0 bridgehead atoms. The van der Waals surface area contributed by atoms with E-state index in [1.807, 2.05) is 36.5 Å². The quantitative estimate of drug-likeness (QED) is 0.203. The van der Waals surface area contributed by atoms with E-state index in [1.54, 1.807) is 0 Å². The van der Waals surface area contributed by atoms with Gasteiger partial charge in [-0.15, -0.1) is 29.8 Å². The van der Waals surface area contributed by atoms with Crippen LogP contribution in [-0.4, -0.2) is 4.98 Å². The van der Waals surface area contributed by atoms with Crippen LogP contribution in [0.3, 0.4) is 0 Å². The molecule has 0 aliphatic carbocycles. The van der Waals surface area contributed by atoms with Crippen LogP contribution in [0.1, 0.15) is 0 Å². The van der Waals surface area contributed by atoms with Gasteiger partial charge in [-0.05, 0) is 41.0 Å². The maximum absolute atomic E-state index is 4.50. The number of rotatable bonds is 4. The number of pyridine rings is 1. The first kappa shape index (κ1) is 20.0. The van der Waals surface area contributed by atoms with Crippen molar-refractivity contribution in [2.45, 2.75) is 0 Å². The Morgan fingerprint density at radius 3 is 2.27 bits per heavy atom. The fourth-order valence-corrected chi connectivity index (χ4v) is 3.67. The Bertz CT molecular complexity index is 1250. The normalized spacial score (nSPS) is 10.4. The van der Waals surface area contributed by atoms with Gasteiger partial charge in [0, 0.05) is 36.7 Å². The molecule has 30 heavy (non-hydrogen) atoms. The summed E-state index contributed by atoms with van der Waals surface area (Å²) in [4.78, 5) is 6.79. The molecule has 147 valence electrons. The van der Waals surface area contributed by atoms with Crippen LogP contribution in [0.5, 0.6) is 0 Å². The average molecular weight is 474 g/mol. The monoisotopic (exact) mass is 474 g/mol. The van der Waals surface area contributed by atoms with Crippen LogP contribution in [0.2, 0.25) is 0 Å². The van der Waals surface area contributed by atoms with Crippen LogP contribution in [0, 0.1) is 6.07 Å². The van der Waals surface area contributed by atoms with Crippen molar-refractivity contribution in [1.29, 1.82) is 0 Å². The Balaban J connectivity index is 0.00000218. The smallest absolute Gasteiger partial charge is 0.0522 e. The molecule has 1 aromatic heterocycles. The van der Waals surface area contributed by atoms with Gasteiger partial charge in [-0.1, -0.05) is 66.7 Å². The zero-order valence-electron chi connectivity index (χ0n) is 16.2. The first-order valence-corrected chi connectivity index (χ1v) is 9.66. The van der Waals surface area contributed by atoms with E-state index in [2.05, 4.69) is 94.8 Å². The second kappa shape index (κ2) is 9.03. The summed E-state index contributed by atoms with van der Waals surface area (Å²) in [6, 6.07) is 40.9. The van der Waals surface area contributed by atoms with E-state index in [0.717, 1.165) is 28.3 Å². The number of hydrogen-bond acceptors (Lipinski definition) is 2. The minimum atomic E-state index is 0. The van der Waals surface area contributed by atoms with Gasteiger partial charge in [0.15, 0.2) is 0 Å². The van der Waals surface area contributed by atoms with Gasteiger partial charge in [-0.2, -0.15) is 0 Å². The van der Waals surface area contributed by atoms with Crippen molar-refractivity contribution in [2.75, 3.05) is 4.90 Å². The Labute approximate surface area is 189 Å². The number of para-hydroxylation sites is 1. The van der Waals surface area contributed by atoms with Crippen molar-refractivity contribution >= 4 is 27.8 Å². The Morgan fingerprint density at radius 1 is 0.667 bits per heavy atom. The van der Waals surface area contributed by atoms with Crippen molar-refractivity contribution in [3.8, 4) is 11.3 Å². The molecule has 1 heterocycles. The molecule has 5 aromatic rings. The summed E-state index contributed by atoms with van der Waals surface area (Å²) in [6.07, 6.45) is 1.81. The van der Waals surface area contributed by atoms with Crippen LogP contribution in [-0.2, 0) is 19.5 Å². The molecule has 0 aliphatic heterocycles. The SMILES string of the molecule is [Rh].[c-]1ccc(N(c2ccccc2)c2cccc3ccccc23)cc1-c1ccccn1. The van der Waals surface area contributed by atoms with Crippen molar-refractivity contribution < 1.29 is 19.5 Å². The second-order valence-corrected chi connectivity index (χ2v) is 6.84. The first-order valence-electron chi connectivity index (χ1n) is 9.66. The topological polar surface area (TPSA) is 16.1 Å². The minimum absolute atomic E-state index is 0. The largest absolute Gasteiger partial charge is 0.328 e. The van der Waals surface area contributed by atoms with Gasteiger partial charge in [0.2, 0.25) is 0 Å². The maximum Gasteiger partial charge on any atom is 0.0522 e. The number of fused-ring (bicyclic) bond motifs is 1. The molecular weight excluding hydrogens is 455 g/mol. The molecule has 5 rings (SSSR count). The number of anilines is 3.